The van der Waals surface area contributed by atoms with E-state index in [0.29, 0.717) is 0 Å². The third-order valence-corrected chi connectivity index (χ3v) is 1.99. The number of H-pyrrole nitrogens is 1. The molecule has 13 heavy (non-hydrogen) atoms. The van der Waals surface area contributed by atoms with Gasteiger partial charge >= 0.3 is 0 Å². The van der Waals surface area contributed by atoms with Crippen LogP contribution in [0.5, 0.6) is 0 Å². The van der Waals surface area contributed by atoms with Crippen LogP contribution in [0, 0.1) is 6.92 Å². The van der Waals surface area contributed by atoms with Crippen molar-refractivity contribution < 1.29 is 0 Å². The summed E-state index contributed by atoms with van der Waals surface area (Å²) in [6.45, 7) is 2.80. The van der Waals surface area contributed by atoms with Gasteiger partial charge in [-0.2, -0.15) is 5.10 Å². The third kappa shape index (κ3) is 1.72. The van der Waals surface area contributed by atoms with Crippen LogP contribution < -0.4 is 5.43 Å². The second kappa shape index (κ2) is 3.35. The zero-order chi connectivity index (χ0) is 9.10. The Balaban J connectivity index is 1.97. The lowest BCUT2D eigenvalue weighted by molar-refractivity contribution is 0.843. The predicted octanol–water partition coefficient (Wildman–Crippen LogP) is 1.26. The molecule has 2 rings (SSSR count). The van der Waals surface area contributed by atoms with Gasteiger partial charge in [-0.3, -0.25) is 9.77 Å². The molecule has 2 heterocycles. The van der Waals surface area contributed by atoms with E-state index in [1.165, 1.54) is 5.56 Å². The van der Waals surface area contributed by atoms with E-state index in [0.717, 1.165) is 12.2 Å². The number of nitrogens with one attached hydrogen (secondary N) is 2. The maximum absolute atomic E-state index is 3.95. The van der Waals surface area contributed by atoms with Gasteiger partial charge in [-0.1, -0.05) is 0 Å². The summed E-state index contributed by atoms with van der Waals surface area (Å²) in [4.78, 5) is 0. The summed E-state index contributed by atoms with van der Waals surface area (Å²) in [5.74, 6) is 0. The molecule has 0 unspecified atom stereocenters. The van der Waals surface area contributed by atoms with E-state index >= 15 is 0 Å². The Bertz CT molecular complexity index is 361. The first-order chi connectivity index (χ1) is 6.36. The molecule has 0 amide bonds. The van der Waals surface area contributed by atoms with E-state index in [-0.39, 0.29) is 0 Å². The van der Waals surface area contributed by atoms with Gasteiger partial charge in [0, 0.05) is 23.7 Å². The Morgan fingerprint density at radius 2 is 2.23 bits per heavy atom. The molecule has 0 bridgehead atoms. The van der Waals surface area contributed by atoms with Crippen molar-refractivity contribution in [3.8, 4) is 0 Å². The van der Waals surface area contributed by atoms with Gasteiger partial charge in [0.25, 0.3) is 0 Å². The van der Waals surface area contributed by atoms with Crippen molar-refractivity contribution in [2.24, 2.45) is 0 Å². The predicted molar refractivity (Wildman–Crippen MR) is 50.8 cm³/mol. The minimum absolute atomic E-state index is 0.789. The second-order valence-corrected chi connectivity index (χ2v) is 2.95. The standard InChI is InChI=1S/C9H12N4/c1-8-9(6-10-12-8)7-11-13-4-2-3-5-13/h2-6,11H,7H2,1H3,(H,10,12). The average Bonchev–Trinajstić information content (AvgIpc) is 2.72. The fourth-order valence-electron chi connectivity index (χ4n) is 1.17. The molecule has 0 saturated carbocycles. The van der Waals surface area contributed by atoms with E-state index in [4.69, 9.17) is 0 Å². The normalized spacial score (nSPS) is 10.2. The number of hydrogen-bond acceptors (Lipinski definition) is 2. The zero-order valence-electron chi connectivity index (χ0n) is 7.49. The number of aryl methyl sites for hydroxylation is 1. The van der Waals surface area contributed by atoms with Crippen LogP contribution in [-0.2, 0) is 6.54 Å². The van der Waals surface area contributed by atoms with Crippen LogP contribution >= 0.6 is 0 Å². The van der Waals surface area contributed by atoms with Crippen LogP contribution in [0.25, 0.3) is 0 Å². The Morgan fingerprint density at radius 1 is 1.46 bits per heavy atom. The molecule has 0 fully saturated rings. The topological polar surface area (TPSA) is 45.6 Å². The summed E-state index contributed by atoms with van der Waals surface area (Å²) in [5.41, 5.74) is 5.52. The SMILES string of the molecule is Cc1[nH]ncc1CNn1cccc1. The van der Waals surface area contributed by atoms with Gasteiger partial charge in [0.05, 0.1) is 12.7 Å². The molecular weight excluding hydrogens is 164 g/mol. The van der Waals surface area contributed by atoms with Crippen LogP contribution in [0.2, 0.25) is 0 Å². The molecule has 68 valence electrons. The van der Waals surface area contributed by atoms with Crippen LogP contribution in [0.1, 0.15) is 11.3 Å². The lowest BCUT2D eigenvalue weighted by Gasteiger charge is -2.05. The largest absolute Gasteiger partial charge is 0.322 e. The first-order valence-electron chi connectivity index (χ1n) is 4.22. The first kappa shape index (κ1) is 7.91. The lowest BCUT2D eigenvalue weighted by Crippen LogP contribution is -2.11. The molecule has 0 aliphatic rings. The highest BCUT2D eigenvalue weighted by molar-refractivity contribution is 5.15. The van der Waals surface area contributed by atoms with Crippen molar-refractivity contribution in [2.75, 3.05) is 5.43 Å². The van der Waals surface area contributed by atoms with Gasteiger partial charge in [0.1, 0.15) is 0 Å². The Labute approximate surface area is 76.6 Å². The van der Waals surface area contributed by atoms with Gasteiger partial charge in [-0.15, -0.1) is 0 Å². The number of rotatable bonds is 3. The molecular formula is C9H12N4. The third-order valence-electron chi connectivity index (χ3n) is 1.99. The molecule has 0 spiro atoms. The molecule has 0 radical (unpaired) electrons. The summed E-state index contributed by atoms with van der Waals surface area (Å²) in [6.07, 6.45) is 5.77. The minimum Gasteiger partial charge on any atom is -0.322 e. The molecule has 0 aromatic carbocycles. The number of hydrogen-bond donors (Lipinski definition) is 2. The van der Waals surface area contributed by atoms with Crippen molar-refractivity contribution in [3.05, 3.63) is 42.0 Å². The molecule has 4 nitrogen and oxygen atoms in total. The maximum Gasteiger partial charge on any atom is 0.0597 e. The smallest absolute Gasteiger partial charge is 0.0597 e. The molecule has 0 atom stereocenters. The molecule has 0 aliphatic heterocycles. The Morgan fingerprint density at radius 3 is 2.85 bits per heavy atom. The van der Waals surface area contributed by atoms with Crippen LogP contribution in [0.4, 0.5) is 0 Å². The van der Waals surface area contributed by atoms with E-state index in [9.17, 15) is 0 Å². The Kier molecular flexibility index (Phi) is 2.04. The monoisotopic (exact) mass is 176 g/mol. The highest BCUT2D eigenvalue weighted by Crippen LogP contribution is 2.01. The van der Waals surface area contributed by atoms with E-state index in [1.807, 2.05) is 42.3 Å². The van der Waals surface area contributed by atoms with Gasteiger partial charge in [-0.25, -0.2) is 0 Å². The highest BCUT2D eigenvalue weighted by atomic mass is 15.4. The molecule has 2 aromatic rings. The van der Waals surface area contributed by atoms with Crippen molar-refractivity contribution >= 4 is 0 Å². The Hall–Kier alpha value is -1.71. The van der Waals surface area contributed by atoms with Crippen molar-refractivity contribution in [1.82, 2.24) is 14.9 Å². The number of nitrogens with zero attached hydrogens (tertiary/aromatic N) is 2. The van der Waals surface area contributed by atoms with Crippen LogP contribution in [0.3, 0.4) is 0 Å². The van der Waals surface area contributed by atoms with Crippen molar-refractivity contribution in [1.29, 1.82) is 0 Å². The fraction of sp³-hybridized carbons (Fsp3) is 0.222. The summed E-state index contributed by atoms with van der Waals surface area (Å²) in [7, 11) is 0. The second-order valence-electron chi connectivity index (χ2n) is 2.95. The van der Waals surface area contributed by atoms with Crippen molar-refractivity contribution in [2.45, 2.75) is 13.5 Å². The first-order valence-corrected chi connectivity index (χ1v) is 4.22. The summed E-state index contributed by atoms with van der Waals surface area (Å²) < 4.78 is 1.92. The molecule has 2 aromatic heterocycles. The molecule has 4 heteroatoms. The highest BCUT2D eigenvalue weighted by Gasteiger charge is 1.98. The maximum atomic E-state index is 3.95. The number of aromatic amines is 1. The van der Waals surface area contributed by atoms with Crippen LogP contribution in [-0.4, -0.2) is 14.9 Å². The molecule has 2 N–H and O–H groups in total. The zero-order valence-corrected chi connectivity index (χ0v) is 7.49. The van der Waals surface area contributed by atoms with Gasteiger partial charge < -0.3 is 5.43 Å². The summed E-state index contributed by atoms with van der Waals surface area (Å²) >= 11 is 0. The van der Waals surface area contributed by atoms with E-state index in [1.54, 1.807) is 0 Å². The number of aromatic nitrogens is 3. The fourth-order valence-corrected chi connectivity index (χ4v) is 1.17. The van der Waals surface area contributed by atoms with Crippen LogP contribution in [0.15, 0.2) is 30.7 Å². The quantitative estimate of drug-likeness (QED) is 0.739. The van der Waals surface area contributed by atoms with E-state index in [2.05, 4.69) is 15.6 Å². The van der Waals surface area contributed by atoms with Gasteiger partial charge in [0.15, 0.2) is 0 Å². The molecule has 0 aliphatic carbocycles. The summed E-state index contributed by atoms with van der Waals surface area (Å²) in [6, 6.07) is 3.96. The summed E-state index contributed by atoms with van der Waals surface area (Å²) in [5, 5.41) is 6.85. The van der Waals surface area contributed by atoms with Gasteiger partial charge in [0.2, 0.25) is 0 Å². The average molecular weight is 176 g/mol. The lowest BCUT2D eigenvalue weighted by atomic mass is 10.3. The minimum atomic E-state index is 0.789. The molecule has 0 saturated heterocycles. The van der Waals surface area contributed by atoms with Crippen molar-refractivity contribution in [3.63, 3.8) is 0 Å². The van der Waals surface area contributed by atoms with Gasteiger partial charge in [-0.05, 0) is 19.1 Å². The van der Waals surface area contributed by atoms with E-state index < -0.39 is 0 Å².